The molecule has 3 rings (SSSR count). The Bertz CT molecular complexity index is 1080. The molecule has 0 saturated carbocycles. The number of hydrogen-bond acceptors (Lipinski definition) is 6. The molecule has 3 aromatic rings. The molecule has 0 radical (unpaired) electrons. The minimum Gasteiger partial charge on any atom is -0.497 e. The van der Waals surface area contributed by atoms with Crippen molar-refractivity contribution >= 4 is 22.8 Å². The van der Waals surface area contributed by atoms with Crippen molar-refractivity contribution in [2.45, 2.75) is 12.6 Å². The van der Waals surface area contributed by atoms with Gasteiger partial charge in [-0.1, -0.05) is 30.3 Å². The molecular formula is C21H19NO7. The highest BCUT2D eigenvalue weighted by atomic mass is 16.5. The molecular weight excluding hydrogens is 378 g/mol. The summed E-state index contributed by atoms with van der Waals surface area (Å²) in [5, 5.41) is 12.1. The largest absolute Gasteiger partial charge is 0.497 e. The lowest BCUT2D eigenvalue weighted by Crippen LogP contribution is -2.45. The van der Waals surface area contributed by atoms with Crippen molar-refractivity contribution in [2.75, 3.05) is 13.7 Å². The minimum absolute atomic E-state index is 0.193. The summed E-state index contributed by atoms with van der Waals surface area (Å²) >= 11 is 0. The summed E-state index contributed by atoms with van der Waals surface area (Å²) in [7, 11) is 1.49. The van der Waals surface area contributed by atoms with Crippen molar-refractivity contribution in [2.24, 2.45) is 0 Å². The summed E-state index contributed by atoms with van der Waals surface area (Å²) in [6.45, 7) is -0.0683. The van der Waals surface area contributed by atoms with Crippen LogP contribution in [-0.4, -0.2) is 36.7 Å². The first-order chi connectivity index (χ1) is 14.0. The molecule has 2 aromatic carbocycles. The van der Waals surface area contributed by atoms with Crippen LogP contribution < -0.4 is 15.7 Å². The van der Waals surface area contributed by atoms with Gasteiger partial charge in [-0.25, -0.2) is 9.59 Å². The van der Waals surface area contributed by atoms with Gasteiger partial charge in [0, 0.05) is 5.39 Å². The van der Waals surface area contributed by atoms with Crippen molar-refractivity contribution in [3.8, 4) is 5.75 Å². The van der Waals surface area contributed by atoms with E-state index in [1.807, 2.05) is 30.3 Å². The van der Waals surface area contributed by atoms with Crippen molar-refractivity contribution in [1.29, 1.82) is 0 Å². The van der Waals surface area contributed by atoms with Gasteiger partial charge in [-0.2, -0.15) is 0 Å². The van der Waals surface area contributed by atoms with Gasteiger partial charge in [0.15, 0.2) is 6.04 Å². The summed E-state index contributed by atoms with van der Waals surface area (Å²) in [4.78, 5) is 36.1. The van der Waals surface area contributed by atoms with Crippen molar-refractivity contribution < 1.29 is 28.6 Å². The quantitative estimate of drug-likeness (QED) is 0.560. The van der Waals surface area contributed by atoms with Crippen LogP contribution in [-0.2, 0) is 16.1 Å². The fraction of sp³-hybridized carbons (Fsp3) is 0.190. The number of ether oxygens (including phenoxy) is 2. The zero-order valence-electron chi connectivity index (χ0n) is 15.6. The van der Waals surface area contributed by atoms with E-state index in [1.165, 1.54) is 13.2 Å². The molecule has 1 heterocycles. The SMILES string of the molecule is COc1ccc2oc(=O)c(C(=O)NC(COCc3ccccc3)C(=O)O)cc2c1. The third kappa shape index (κ3) is 4.99. The number of methoxy groups -OCH3 is 1. The van der Waals surface area contributed by atoms with Crippen molar-refractivity contribution in [3.63, 3.8) is 0 Å². The summed E-state index contributed by atoms with van der Waals surface area (Å²) in [6, 6.07) is 14.0. The highest BCUT2D eigenvalue weighted by Gasteiger charge is 2.23. The Morgan fingerprint density at radius 1 is 1.14 bits per heavy atom. The second-order valence-corrected chi connectivity index (χ2v) is 6.22. The normalized spacial score (nSPS) is 11.8. The van der Waals surface area contributed by atoms with E-state index in [9.17, 15) is 19.5 Å². The number of amides is 1. The molecule has 1 aromatic heterocycles. The molecule has 0 aliphatic carbocycles. The summed E-state index contributed by atoms with van der Waals surface area (Å²) < 4.78 is 15.7. The van der Waals surface area contributed by atoms with Crippen LogP contribution in [0.3, 0.4) is 0 Å². The molecule has 0 aliphatic heterocycles. The standard InChI is InChI=1S/C21H19NO7/c1-27-15-7-8-18-14(9-15)10-16(21(26)29-18)19(23)22-17(20(24)25)12-28-11-13-5-3-2-4-6-13/h2-10,17H,11-12H2,1H3,(H,22,23)(H,24,25). The Labute approximate surface area is 165 Å². The van der Waals surface area contributed by atoms with Gasteiger partial charge in [0.25, 0.3) is 5.91 Å². The van der Waals surface area contributed by atoms with E-state index >= 15 is 0 Å². The molecule has 29 heavy (non-hydrogen) atoms. The topological polar surface area (TPSA) is 115 Å². The highest BCUT2D eigenvalue weighted by Crippen LogP contribution is 2.20. The van der Waals surface area contributed by atoms with Crippen molar-refractivity contribution in [1.82, 2.24) is 5.32 Å². The summed E-state index contributed by atoms with van der Waals surface area (Å²) in [5.41, 5.74) is -0.0185. The molecule has 2 N–H and O–H groups in total. The number of aliphatic carboxylic acids is 1. The molecule has 1 amide bonds. The number of carbonyl (C=O) groups is 2. The maximum Gasteiger partial charge on any atom is 0.349 e. The van der Waals surface area contributed by atoms with Crippen LogP contribution in [0.4, 0.5) is 0 Å². The molecule has 0 fully saturated rings. The van der Waals surface area contributed by atoms with E-state index < -0.39 is 23.5 Å². The fourth-order valence-electron chi connectivity index (χ4n) is 2.67. The second-order valence-electron chi connectivity index (χ2n) is 6.22. The van der Waals surface area contributed by atoms with Crippen LogP contribution in [0.5, 0.6) is 5.75 Å². The third-order valence-electron chi connectivity index (χ3n) is 4.18. The maximum atomic E-state index is 12.5. The van der Waals surface area contributed by atoms with Crippen LogP contribution in [0.15, 0.2) is 63.8 Å². The Morgan fingerprint density at radius 3 is 2.59 bits per heavy atom. The molecule has 150 valence electrons. The van der Waals surface area contributed by atoms with Crippen LogP contribution in [0.1, 0.15) is 15.9 Å². The van der Waals surface area contributed by atoms with E-state index in [0.29, 0.717) is 11.1 Å². The number of carboxylic acid groups (broad SMARTS) is 1. The number of benzene rings is 2. The Kier molecular flexibility index (Phi) is 6.25. The number of rotatable bonds is 8. The predicted octanol–water partition coefficient (Wildman–Crippen LogP) is 2.20. The molecule has 1 atom stereocenters. The second kappa shape index (κ2) is 9.03. The van der Waals surface area contributed by atoms with Gasteiger partial charge in [0.1, 0.15) is 16.9 Å². The molecule has 0 saturated heterocycles. The number of fused-ring (bicyclic) bond motifs is 1. The van der Waals surface area contributed by atoms with Gasteiger partial charge in [0.05, 0.1) is 20.3 Å². The van der Waals surface area contributed by atoms with Crippen LogP contribution in [0, 0.1) is 0 Å². The molecule has 0 spiro atoms. The van der Waals surface area contributed by atoms with Crippen molar-refractivity contribution in [3.05, 3.63) is 76.1 Å². The van der Waals surface area contributed by atoms with Gasteiger partial charge in [-0.3, -0.25) is 4.79 Å². The Balaban J connectivity index is 1.73. The number of hydrogen-bond donors (Lipinski definition) is 2. The van der Waals surface area contributed by atoms with Gasteiger partial charge in [-0.15, -0.1) is 0 Å². The maximum absolute atomic E-state index is 12.5. The van der Waals surface area contributed by atoms with Gasteiger partial charge in [-0.05, 0) is 29.8 Å². The van der Waals surface area contributed by atoms with Gasteiger partial charge in [0.2, 0.25) is 0 Å². The van der Waals surface area contributed by atoms with E-state index in [4.69, 9.17) is 13.9 Å². The molecule has 8 nitrogen and oxygen atoms in total. The number of carbonyl (C=O) groups excluding carboxylic acids is 1. The van der Waals surface area contributed by atoms with E-state index in [-0.39, 0.29) is 24.4 Å². The zero-order chi connectivity index (χ0) is 20.8. The molecule has 0 aliphatic rings. The fourth-order valence-corrected chi connectivity index (χ4v) is 2.67. The first-order valence-corrected chi connectivity index (χ1v) is 8.75. The number of nitrogens with one attached hydrogen (secondary N) is 1. The lowest BCUT2D eigenvalue weighted by atomic mass is 10.1. The van der Waals surface area contributed by atoms with E-state index in [1.54, 1.807) is 18.2 Å². The smallest absolute Gasteiger partial charge is 0.349 e. The zero-order valence-corrected chi connectivity index (χ0v) is 15.6. The average molecular weight is 397 g/mol. The van der Waals surface area contributed by atoms with Gasteiger partial charge >= 0.3 is 11.6 Å². The van der Waals surface area contributed by atoms with E-state index in [0.717, 1.165) is 5.56 Å². The van der Waals surface area contributed by atoms with E-state index in [2.05, 4.69) is 5.32 Å². The minimum atomic E-state index is -1.33. The molecule has 0 bridgehead atoms. The van der Waals surface area contributed by atoms with Crippen LogP contribution in [0.25, 0.3) is 11.0 Å². The average Bonchev–Trinajstić information content (AvgIpc) is 2.72. The first kappa shape index (κ1) is 20.1. The number of carboxylic acids is 1. The van der Waals surface area contributed by atoms with Crippen LogP contribution >= 0.6 is 0 Å². The summed E-state index contributed by atoms with van der Waals surface area (Å²) in [6.07, 6.45) is 0. The lowest BCUT2D eigenvalue weighted by Gasteiger charge is -2.15. The third-order valence-corrected chi connectivity index (χ3v) is 4.18. The highest BCUT2D eigenvalue weighted by molar-refractivity contribution is 5.98. The molecule has 1 unspecified atom stereocenters. The Morgan fingerprint density at radius 2 is 1.90 bits per heavy atom. The lowest BCUT2D eigenvalue weighted by molar-refractivity contribution is -0.141. The predicted molar refractivity (Wildman–Crippen MR) is 104 cm³/mol. The summed E-state index contributed by atoms with van der Waals surface area (Å²) in [5.74, 6) is -1.62. The Hall–Kier alpha value is -3.65. The van der Waals surface area contributed by atoms with Gasteiger partial charge < -0.3 is 24.3 Å². The molecule has 8 heteroatoms. The van der Waals surface area contributed by atoms with Crippen LogP contribution in [0.2, 0.25) is 0 Å². The first-order valence-electron chi connectivity index (χ1n) is 8.75. The monoisotopic (exact) mass is 397 g/mol.